The van der Waals surface area contributed by atoms with E-state index in [4.69, 9.17) is 11.0 Å². The van der Waals surface area contributed by atoms with Crippen molar-refractivity contribution in [3.05, 3.63) is 46.7 Å². The van der Waals surface area contributed by atoms with Crippen LogP contribution in [0, 0.1) is 36.8 Å². The first-order valence-electron chi connectivity index (χ1n) is 5.30. The van der Waals surface area contributed by atoms with E-state index in [0.717, 1.165) is 12.1 Å². The summed E-state index contributed by atoms with van der Waals surface area (Å²) in [7, 11) is 0. The third-order valence-electron chi connectivity index (χ3n) is 3.01. The van der Waals surface area contributed by atoms with E-state index in [0.29, 0.717) is 16.8 Å². The van der Waals surface area contributed by atoms with Gasteiger partial charge in [0, 0.05) is 11.8 Å². The summed E-state index contributed by atoms with van der Waals surface area (Å²) < 4.78 is 28.0. The van der Waals surface area contributed by atoms with Gasteiger partial charge in [-0.05, 0) is 31.5 Å². The Labute approximate surface area is 103 Å². The molecule has 92 valence electrons. The predicted octanol–water partition coefficient (Wildman–Crippen LogP) is 2.83. The van der Waals surface area contributed by atoms with Gasteiger partial charge in [-0.2, -0.15) is 5.26 Å². The second-order valence-corrected chi connectivity index (χ2v) is 4.01. The molecule has 0 amide bonds. The number of nitrogens with two attached hydrogens (primary N) is 1. The molecule has 0 fully saturated rings. The summed E-state index contributed by atoms with van der Waals surface area (Å²) in [6.07, 6.45) is 0. The van der Waals surface area contributed by atoms with Crippen molar-refractivity contribution in [3.8, 4) is 11.8 Å². The van der Waals surface area contributed by atoms with Crippen LogP contribution in [-0.4, -0.2) is 4.57 Å². The Hall–Kier alpha value is -2.35. The van der Waals surface area contributed by atoms with E-state index < -0.39 is 11.6 Å². The maximum Gasteiger partial charge on any atom is 0.150 e. The van der Waals surface area contributed by atoms with Crippen LogP contribution in [0.3, 0.4) is 0 Å². The van der Waals surface area contributed by atoms with Crippen LogP contribution in [0.1, 0.15) is 16.8 Å². The molecule has 1 aromatic heterocycles. The number of hydrogen-bond acceptors (Lipinski definition) is 2. The zero-order valence-electron chi connectivity index (χ0n) is 9.96. The van der Waals surface area contributed by atoms with Crippen LogP contribution < -0.4 is 5.73 Å². The summed E-state index contributed by atoms with van der Waals surface area (Å²) in [6, 6.07) is 5.22. The topological polar surface area (TPSA) is 54.7 Å². The number of rotatable bonds is 1. The first-order valence-corrected chi connectivity index (χ1v) is 5.30. The van der Waals surface area contributed by atoms with Gasteiger partial charge in [0.15, 0.2) is 0 Å². The zero-order valence-corrected chi connectivity index (χ0v) is 9.96. The number of nitrogen functional groups attached to an aromatic ring is 1. The highest BCUT2D eigenvalue weighted by Crippen LogP contribution is 2.28. The minimum absolute atomic E-state index is 0.135. The average Bonchev–Trinajstić information content (AvgIpc) is 2.52. The monoisotopic (exact) mass is 247 g/mol. The molecule has 5 heteroatoms. The summed E-state index contributed by atoms with van der Waals surface area (Å²) in [5.41, 5.74) is 7.64. The first kappa shape index (κ1) is 12.1. The highest BCUT2D eigenvalue weighted by molar-refractivity contribution is 5.62. The van der Waals surface area contributed by atoms with Crippen LogP contribution in [0.15, 0.2) is 18.2 Å². The minimum atomic E-state index is -0.718. The molecular weight excluding hydrogens is 236 g/mol. The normalized spacial score (nSPS) is 10.4. The summed E-state index contributed by atoms with van der Waals surface area (Å²) in [4.78, 5) is 0. The third-order valence-corrected chi connectivity index (χ3v) is 3.01. The second-order valence-electron chi connectivity index (χ2n) is 4.01. The zero-order chi connectivity index (χ0) is 13.4. The van der Waals surface area contributed by atoms with E-state index in [2.05, 4.69) is 0 Å². The Morgan fingerprint density at radius 1 is 1.28 bits per heavy atom. The molecule has 2 aromatic rings. The van der Waals surface area contributed by atoms with Gasteiger partial charge in [-0.3, -0.25) is 4.57 Å². The van der Waals surface area contributed by atoms with E-state index in [1.165, 1.54) is 10.6 Å². The van der Waals surface area contributed by atoms with Gasteiger partial charge in [0.05, 0.1) is 11.3 Å². The van der Waals surface area contributed by atoms with Crippen molar-refractivity contribution in [1.82, 2.24) is 4.57 Å². The van der Waals surface area contributed by atoms with Gasteiger partial charge < -0.3 is 5.73 Å². The minimum Gasteiger partial charge on any atom is -0.384 e. The summed E-state index contributed by atoms with van der Waals surface area (Å²) in [5, 5.41) is 9.00. The molecule has 2 rings (SSSR count). The molecule has 1 aromatic carbocycles. The van der Waals surface area contributed by atoms with Gasteiger partial charge in [-0.15, -0.1) is 0 Å². The lowest BCUT2D eigenvalue weighted by molar-refractivity contribution is 0.577. The molecule has 0 radical (unpaired) electrons. The maximum atomic E-state index is 13.7. The molecule has 0 saturated heterocycles. The largest absolute Gasteiger partial charge is 0.384 e. The predicted molar refractivity (Wildman–Crippen MR) is 64.3 cm³/mol. The summed E-state index contributed by atoms with van der Waals surface area (Å²) >= 11 is 0. The smallest absolute Gasteiger partial charge is 0.150 e. The van der Waals surface area contributed by atoms with Crippen LogP contribution >= 0.6 is 0 Å². The van der Waals surface area contributed by atoms with Crippen molar-refractivity contribution in [3.63, 3.8) is 0 Å². The molecule has 0 aliphatic heterocycles. The fraction of sp³-hybridized carbons (Fsp3) is 0.154. The summed E-state index contributed by atoms with van der Waals surface area (Å²) in [5.74, 6) is -1.21. The van der Waals surface area contributed by atoms with Gasteiger partial charge in [0.25, 0.3) is 0 Å². The van der Waals surface area contributed by atoms with Crippen molar-refractivity contribution in [2.75, 3.05) is 5.73 Å². The molecule has 2 N–H and O–H groups in total. The van der Waals surface area contributed by atoms with E-state index in [1.54, 1.807) is 13.8 Å². The SMILES string of the molecule is Cc1c(C#N)c(N)n(-c2ccc(F)cc2F)c1C. The lowest BCUT2D eigenvalue weighted by Gasteiger charge is -2.10. The van der Waals surface area contributed by atoms with Crippen LogP contribution in [-0.2, 0) is 0 Å². The van der Waals surface area contributed by atoms with Crippen LogP contribution in [0.2, 0.25) is 0 Å². The number of benzene rings is 1. The molecule has 0 bridgehead atoms. The fourth-order valence-electron chi connectivity index (χ4n) is 1.95. The second kappa shape index (κ2) is 4.15. The number of nitriles is 1. The Kier molecular flexibility index (Phi) is 2.79. The van der Waals surface area contributed by atoms with Gasteiger partial charge in [0.2, 0.25) is 0 Å². The van der Waals surface area contributed by atoms with Crippen LogP contribution in [0.4, 0.5) is 14.6 Å². The Morgan fingerprint density at radius 2 is 1.94 bits per heavy atom. The van der Waals surface area contributed by atoms with E-state index in [-0.39, 0.29) is 11.5 Å². The number of hydrogen-bond donors (Lipinski definition) is 1. The van der Waals surface area contributed by atoms with Crippen molar-refractivity contribution in [2.24, 2.45) is 0 Å². The molecule has 1 heterocycles. The highest BCUT2D eigenvalue weighted by atomic mass is 19.1. The molecule has 0 spiro atoms. The molecule has 0 aliphatic rings. The molecular formula is C13H11F2N3. The average molecular weight is 247 g/mol. The fourth-order valence-corrected chi connectivity index (χ4v) is 1.95. The van der Waals surface area contributed by atoms with E-state index in [9.17, 15) is 8.78 Å². The van der Waals surface area contributed by atoms with Crippen LogP contribution in [0.5, 0.6) is 0 Å². The number of aromatic nitrogens is 1. The molecule has 0 saturated carbocycles. The quantitative estimate of drug-likeness (QED) is 0.842. The van der Waals surface area contributed by atoms with E-state index >= 15 is 0 Å². The Bertz CT molecular complexity index is 666. The van der Waals surface area contributed by atoms with Gasteiger partial charge in [-0.1, -0.05) is 0 Å². The Balaban J connectivity index is 2.77. The van der Waals surface area contributed by atoms with Gasteiger partial charge >= 0.3 is 0 Å². The van der Waals surface area contributed by atoms with Gasteiger partial charge in [0.1, 0.15) is 23.5 Å². The number of nitrogens with zero attached hydrogens (tertiary/aromatic N) is 2. The van der Waals surface area contributed by atoms with Crippen molar-refractivity contribution >= 4 is 5.82 Å². The highest BCUT2D eigenvalue weighted by Gasteiger charge is 2.18. The Morgan fingerprint density at radius 3 is 2.44 bits per heavy atom. The van der Waals surface area contributed by atoms with Crippen molar-refractivity contribution in [1.29, 1.82) is 5.26 Å². The van der Waals surface area contributed by atoms with Crippen LogP contribution in [0.25, 0.3) is 5.69 Å². The van der Waals surface area contributed by atoms with Crippen molar-refractivity contribution < 1.29 is 8.78 Å². The first-order chi connectivity index (χ1) is 8.47. The molecule has 3 nitrogen and oxygen atoms in total. The standard InChI is InChI=1S/C13H11F2N3/c1-7-8(2)18(13(17)10(7)6-16)12-4-3-9(14)5-11(12)15/h3-5H,17H2,1-2H3. The van der Waals surface area contributed by atoms with Crippen molar-refractivity contribution in [2.45, 2.75) is 13.8 Å². The lowest BCUT2D eigenvalue weighted by atomic mass is 10.2. The molecule has 0 atom stereocenters. The lowest BCUT2D eigenvalue weighted by Crippen LogP contribution is -2.05. The molecule has 18 heavy (non-hydrogen) atoms. The van der Waals surface area contributed by atoms with Gasteiger partial charge in [-0.25, -0.2) is 8.78 Å². The molecule has 0 aliphatic carbocycles. The number of halogens is 2. The maximum absolute atomic E-state index is 13.7. The molecule has 0 unspecified atom stereocenters. The number of anilines is 1. The van der Waals surface area contributed by atoms with E-state index in [1.807, 2.05) is 6.07 Å². The summed E-state index contributed by atoms with van der Waals surface area (Å²) in [6.45, 7) is 3.47. The third kappa shape index (κ3) is 1.63.